The van der Waals surface area contributed by atoms with Gasteiger partial charge in [0.25, 0.3) is 11.1 Å². The van der Waals surface area contributed by atoms with Gasteiger partial charge in [-0.1, -0.05) is 26.0 Å². The minimum absolute atomic E-state index is 0.0852. The quantitative estimate of drug-likeness (QED) is 0.583. The number of rotatable bonds is 6. The average molecular weight is 476 g/mol. The van der Waals surface area contributed by atoms with Crippen LogP contribution >= 0.6 is 11.8 Å². The molecule has 1 aromatic carbocycles. The van der Waals surface area contributed by atoms with Crippen molar-refractivity contribution in [1.29, 1.82) is 0 Å². The van der Waals surface area contributed by atoms with Crippen LogP contribution in [0, 0.1) is 5.92 Å². The van der Waals surface area contributed by atoms with Crippen molar-refractivity contribution in [3.05, 3.63) is 28.7 Å². The molecule has 2 aliphatic rings. The molecule has 1 aromatic rings. The van der Waals surface area contributed by atoms with Gasteiger partial charge in [-0.25, -0.2) is 4.79 Å². The lowest BCUT2D eigenvalue weighted by molar-refractivity contribution is -0.115. The molecule has 0 radical (unpaired) electrons. The molecular formula is C24H33N3O5S. The summed E-state index contributed by atoms with van der Waals surface area (Å²) in [5, 5.41) is 4.90. The van der Waals surface area contributed by atoms with E-state index in [9.17, 15) is 14.4 Å². The Morgan fingerprint density at radius 1 is 1.33 bits per heavy atom. The Bertz CT molecular complexity index is 939. The Morgan fingerprint density at radius 2 is 2.09 bits per heavy atom. The monoisotopic (exact) mass is 475 g/mol. The summed E-state index contributed by atoms with van der Waals surface area (Å²) in [5.41, 5.74) is 1.09. The van der Waals surface area contributed by atoms with Gasteiger partial charge in [0.05, 0.1) is 17.2 Å². The summed E-state index contributed by atoms with van der Waals surface area (Å²) in [4.78, 5) is 38.6. The van der Waals surface area contributed by atoms with Crippen molar-refractivity contribution in [3.8, 4) is 5.75 Å². The molecular weight excluding hydrogens is 442 g/mol. The Labute approximate surface area is 199 Å². The normalized spacial score (nSPS) is 20.2. The molecule has 2 fully saturated rings. The summed E-state index contributed by atoms with van der Waals surface area (Å²) >= 11 is 0.891. The second kappa shape index (κ2) is 10.5. The molecule has 33 heavy (non-hydrogen) atoms. The molecule has 1 atom stereocenters. The summed E-state index contributed by atoms with van der Waals surface area (Å²) in [7, 11) is 0. The summed E-state index contributed by atoms with van der Waals surface area (Å²) < 4.78 is 11.6. The van der Waals surface area contributed by atoms with Crippen molar-refractivity contribution in [2.24, 2.45) is 5.92 Å². The van der Waals surface area contributed by atoms with Crippen molar-refractivity contribution in [3.63, 3.8) is 0 Å². The highest BCUT2D eigenvalue weighted by Gasteiger charge is 2.29. The molecule has 0 spiro atoms. The standard InChI is InChI=1S/C24H33N3O5S/c1-15(2)14-31-18-10-6-8-16(12-19-21(28)26-23(30)33-19)20(18)27-11-7-9-17(13-27)25-22(29)32-24(3,4)5/h6,8,10,12,15,17H,7,9,11,13-14H2,1-5H3,(H,25,29)(H,26,28,30)/t17-/m1/s1. The molecule has 0 aromatic heterocycles. The van der Waals surface area contributed by atoms with Crippen LogP contribution in [-0.2, 0) is 9.53 Å². The number of imide groups is 1. The lowest BCUT2D eigenvalue weighted by Crippen LogP contribution is -2.49. The number of carbonyl (C=O) groups is 3. The maximum atomic E-state index is 12.3. The van der Waals surface area contributed by atoms with Crippen LogP contribution in [0.25, 0.3) is 6.08 Å². The number of piperidine rings is 1. The molecule has 9 heteroatoms. The largest absolute Gasteiger partial charge is 0.491 e. The second-order valence-electron chi connectivity index (χ2n) is 9.68. The third-order valence-electron chi connectivity index (χ3n) is 4.99. The molecule has 0 bridgehead atoms. The Balaban J connectivity index is 1.88. The van der Waals surface area contributed by atoms with Crippen LogP contribution in [0.1, 0.15) is 53.0 Å². The fourth-order valence-electron chi connectivity index (χ4n) is 3.70. The number of thioether (sulfide) groups is 1. The Hall–Kier alpha value is -2.68. The first-order chi connectivity index (χ1) is 15.5. The van der Waals surface area contributed by atoms with Crippen molar-refractivity contribution < 1.29 is 23.9 Å². The van der Waals surface area contributed by atoms with E-state index in [0.29, 0.717) is 29.7 Å². The molecule has 2 aliphatic heterocycles. The van der Waals surface area contributed by atoms with Crippen molar-refractivity contribution in [2.45, 2.75) is 59.1 Å². The maximum absolute atomic E-state index is 12.3. The number of para-hydroxylation sites is 1. The number of carbonyl (C=O) groups excluding carboxylic acids is 3. The van der Waals surface area contributed by atoms with E-state index < -0.39 is 17.6 Å². The van der Waals surface area contributed by atoms with E-state index in [2.05, 4.69) is 29.4 Å². The van der Waals surface area contributed by atoms with Crippen LogP contribution < -0.4 is 20.3 Å². The fourth-order valence-corrected chi connectivity index (χ4v) is 4.37. The molecule has 2 heterocycles. The third kappa shape index (κ3) is 7.15. The summed E-state index contributed by atoms with van der Waals surface area (Å²) in [6, 6.07) is 5.62. The highest BCUT2D eigenvalue weighted by molar-refractivity contribution is 8.18. The number of hydrogen-bond donors (Lipinski definition) is 2. The van der Waals surface area contributed by atoms with Crippen molar-refractivity contribution >= 4 is 40.8 Å². The molecule has 0 aliphatic carbocycles. The van der Waals surface area contributed by atoms with Crippen LogP contribution in [0.4, 0.5) is 15.3 Å². The highest BCUT2D eigenvalue weighted by Crippen LogP contribution is 2.37. The van der Waals surface area contributed by atoms with Crippen LogP contribution in [0.5, 0.6) is 5.75 Å². The third-order valence-corrected chi connectivity index (χ3v) is 5.80. The predicted molar refractivity (Wildman–Crippen MR) is 130 cm³/mol. The van der Waals surface area contributed by atoms with E-state index in [-0.39, 0.29) is 11.3 Å². The molecule has 3 rings (SSSR count). The van der Waals surface area contributed by atoms with Crippen LogP contribution in [-0.4, -0.2) is 48.6 Å². The maximum Gasteiger partial charge on any atom is 0.407 e. The molecule has 3 amide bonds. The Kier molecular flexibility index (Phi) is 7.94. The number of hydrogen-bond acceptors (Lipinski definition) is 7. The van der Waals surface area contributed by atoms with Gasteiger partial charge in [-0.2, -0.15) is 0 Å². The molecule has 2 N–H and O–H groups in total. The first kappa shape index (κ1) is 25.0. The van der Waals surface area contributed by atoms with Gasteiger partial charge >= 0.3 is 6.09 Å². The fraction of sp³-hybridized carbons (Fsp3) is 0.542. The molecule has 0 saturated carbocycles. The van der Waals surface area contributed by atoms with Crippen LogP contribution in [0.3, 0.4) is 0 Å². The van der Waals surface area contributed by atoms with Gasteiger partial charge in [-0.05, 0) is 63.4 Å². The second-order valence-corrected chi connectivity index (χ2v) is 10.7. The highest BCUT2D eigenvalue weighted by atomic mass is 32.2. The summed E-state index contributed by atoms with van der Waals surface area (Å²) in [6.45, 7) is 11.6. The van der Waals surface area contributed by atoms with Gasteiger partial charge in [-0.15, -0.1) is 0 Å². The number of amides is 3. The zero-order chi connectivity index (χ0) is 24.2. The van der Waals surface area contributed by atoms with E-state index in [4.69, 9.17) is 9.47 Å². The lowest BCUT2D eigenvalue weighted by atomic mass is 10.0. The first-order valence-corrected chi connectivity index (χ1v) is 12.1. The zero-order valence-electron chi connectivity index (χ0n) is 19.9. The lowest BCUT2D eigenvalue weighted by Gasteiger charge is -2.36. The summed E-state index contributed by atoms with van der Waals surface area (Å²) in [5.74, 6) is 0.662. The average Bonchev–Trinajstić information content (AvgIpc) is 3.01. The minimum atomic E-state index is -0.563. The number of anilines is 1. The number of benzene rings is 1. The van der Waals surface area contributed by atoms with Gasteiger partial charge in [-0.3, -0.25) is 14.9 Å². The molecule has 2 saturated heterocycles. The van der Waals surface area contributed by atoms with Gasteiger partial charge in [0, 0.05) is 24.7 Å². The van der Waals surface area contributed by atoms with Gasteiger partial charge in [0.1, 0.15) is 11.4 Å². The van der Waals surface area contributed by atoms with E-state index in [1.807, 2.05) is 39.0 Å². The molecule has 8 nitrogen and oxygen atoms in total. The van der Waals surface area contributed by atoms with E-state index >= 15 is 0 Å². The Morgan fingerprint density at radius 3 is 2.73 bits per heavy atom. The van der Waals surface area contributed by atoms with Gasteiger partial charge in [0.2, 0.25) is 0 Å². The zero-order valence-corrected chi connectivity index (χ0v) is 20.7. The van der Waals surface area contributed by atoms with Crippen molar-refractivity contribution in [2.75, 3.05) is 24.6 Å². The number of nitrogens with zero attached hydrogens (tertiary/aromatic N) is 1. The topological polar surface area (TPSA) is 97.0 Å². The predicted octanol–water partition coefficient (Wildman–Crippen LogP) is 4.54. The van der Waals surface area contributed by atoms with Gasteiger partial charge in [0.15, 0.2) is 0 Å². The number of nitrogens with one attached hydrogen (secondary N) is 2. The summed E-state index contributed by atoms with van der Waals surface area (Å²) in [6.07, 6.45) is 3.02. The molecule has 180 valence electrons. The first-order valence-electron chi connectivity index (χ1n) is 11.3. The van der Waals surface area contributed by atoms with E-state index in [0.717, 1.165) is 42.4 Å². The SMILES string of the molecule is CC(C)COc1cccc(C=C2SC(=O)NC2=O)c1N1CCC[C@@H](NC(=O)OC(C)(C)C)C1. The smallest absolute Gasteiger partial charge is 0.407 e. The van der Waals surface area contributed by atoms with E-state index in [1.165, 1.54) is 0 Å². The number of ether oxygens (including phenoxy) is 2. The van der Waals surface area contributed by atoms with Crippen LogP contribution in [0.15, 0.2) is 23.1 Å². The number of alkyl carbamates (subject to hydrolysis) is 1. The van der Waals surface area contributed by atoms with Crippen LogP contribution in [0.2, 0.25) is 0 Å². The molecule has 0 unspecified atom stereocenters. The van der Waals surface area contributed by atoms with Gasteiger partial charge < -0.3 is 19.7 Å². The minimum Gasteiger partial charge on any atom is -0.491 e. The van der Waals surface area contributed by atoms with Crippen molar-refractivity contribution in [1.82, 2.24) is 10.6 Å². The van der Waals surface area contributed by atoms with E-state index in [1.54, 1.807) is 6.08 Å².